The number of amides is 1. The van der Waals surface area contributed by atoms with E-state index in [1.165, 1.54) is 10.5 Å². The number of carbonyl (C=O) groups excluding carboxylic acids is 1. The highest BCUT2D eigenvalue weighted by Gasteiger charge is 2.33. The van der Waals surface area contributed by atoms with Gasteiger partial charge in [-0.2, -0.15) is 4.31 Å². The van der Waals surface area contributed by atoms with Crippen LogP contribution >= 0.6 is 27.3 Å². The molecule has 0 radical (unpaired) electrons. The maximum Gasteiger partial charge on any atom is 0.254 e. The molecule has 3 aromatic rings. The van der Waals surface area contributed by atoms with E-state index in [2.05, 4.69) is 31.2 Å². The highest BCUT2D eigenvalue weighted by molar-refractivity contribution is 9.10. The predicted molar refractivity (Wildman–Crippen MR) is 120 cm³/mol. The second-order valence-corrected chi connectivity index (χ2v) is 11.0. The molecule has 7 nitrogen and oxygen atoms in total. The van der Waals surface area contributed by atoms with Crippen molar-refractivity contribution in [1.82, 2.24) is 14.3 Å². The van der Waals surface area contributed by atoms with E-state index in [-0.39, 0.29) is 16.0 Å². The van der Waals surface area contributed by atoms with Gasteiger partial charge < -0.3 is 5.32 Å². The van der Waals surface area contributed by atoms with Gasteiger partial charge in [0.25, 0.3) is 10.0 Å². The first kappa shape index (κ1) is 21.1. The van der Waals surface area contributed by atoms with Gasteiger partial charge in [-0.15, -0.1) is 11.3 Å². The minimum absolute atomic E-state index is 0.102. The van der Waals surface area contributed by atoms with Crippen LogP contribution in [0, 0.1) is 5.92 Å². The zero-order valence-electron chi connectivity index (χ0n) is 15.9. The van der Waals surface area contributed by atoms with Crippen LogP contribution < -0.4 is 5.32 Å². The normalized spacial score (nSPS) is 15.8. The van der Waals surface area contributed by atoms with Crippen LogP contribution in [0.15, 0.2) is 63.7 Å². The Morgan fingerprint density at radius 1 is 1.13 bits per heavy atom. The Kier molecular flexibility index (Phi) is 6.28. The van der Waals surface area contributed by atoms with Crippen LogP contribution in [0.3, 0.4) is 0 Å². The maximum absolute atomic E-state index is 13.0. The Morgan fingerprint density at radius 2 is 1.87 bits per heavy atom. The van der Waals surface area contributed by atoms with E-state index in [4.69, 9.17) is 0 Å². The van der Waals surface area contributed by atoms with Gasteiger partial charge in [0.15, 0.2) is 4.21 Å². The van der Waals surface area contributed by atoms with Crippen molar-refractivity contribution in [2.45, 2.75) is 17.1 Å². The molecule has 3 heterocycles. The minimum Gasteiger partial charge on any atom is -0.324 e. The van der Waals surface area contributed by atoms with Crippen molar-refractivity contribution in [2.24, 2.45) is 5.92 Å². The highest BCUT2D eigenvalue weighted by Crippen LogP contribution is 2.32. The van der Waals surface area contributed by atoms with Crippen molar-refractivity contribution in [3.63, 3.8) is 0 Å². The quantitative estimate of drug-likeness (QED) is 0.564. The molecule has 1 amide bonds. The Labute approximate surface area is 187 Å². The zero-order valence-corrected chi connectivity index (χ0v) is 19.1. The summed E-state index contributed by atoms with van der Waals surface area (Å²) in [5.74, 6) is -0.327. The van der Waals surface area contributed by atoms with Gasteiger partial charge in [-0.25, -0.2) is 13.4 Å². The third-order valence-electron chi connectivity index (χ3n) is 4.92. The lowest BCUT2D eigenvalue weighted by Crippen LogP contribution is -2.41. The summed E-state index contributed by atoms with van der Waals surface area (Å²) in [6.45, 7) is 0.609. The average Bonchev–Trinajstić information content (AvgIpc) is 3.26. The molecule has 0 unspecified atom stereocenters. The number of carbonyl (C=O) groups is 1. The monoisotopic (exact) mass is 506 g/mol. The molecule has 0 atom stereocenters. The van der Waals surface area contributed by atoms with Crippen molar-refractivity contribution in [3.8, 4) is 10.6 Å². The Hall–Kier alpha value is -2.14. The molecule has 1 fully saturated rings. The fourth-order valence-corrected chi connectivity index (χ4v) is 6.30. The van der Waals surface area contributed by atoms with E-state index in [0.717, 1.165) is 21.4 Å². The smallest absolute Gasteiger partial charge is 0.254 e. The number of sulfonamides is 1. The zero-order chi connectivity index (χ0) is 21.1. The van der Waals surface area contributed by atoms with E-state index >= 15 is 0 Å². The fourth-order valence-electron chi connectivity index (χ4n) is 3.27. The second-order valence-electron chi connectivity index (χ2n) is 6.90. The highest BCUT2D eigenvalue weighted by atomic mass is 79.9. The topological polar surface area (TPSA) is 92.3 Å². The molecule has 0 saturated carbocycles. The Bertz CT molecular complexity index is 1130. The molecule has 30 heavy (non-hydrogen) atoms. The average molecular weight is 507 g/mol. The summed E-state index contributed by atoms with van der Waals surface area (Å²) in [4.78, 5) is 20.7. The molecule has 1 aliphatic heterocycles. The first-order valence-electron chi connectivity index (χ1n) is 9.36. The number of aromatic nitrogens is 2. The standard InChI is InChI=1S/C20H19BrN4O3S2/c21-16-5-3-15(4-6-16)20-23-13-18(29-20)30(27,28)25-10-7-14(8-11-25)19(26)24-17-2-1-9-22-12-17/h1-6,9,12-14H,7-8,10-11H2,(H,24,26). The maximum atomic E-state index is 13.0. The number of halogens is 1. The molecule has 4 rings (SSSR count). The summed E-state index contributed by atoms with van der Waals surface area (Å²) >= 11 is 4.55. The summed E-state index contributed by atoms with van der Waals surface area (Å²) in [7, 11) is -3.63. The molecule has 0 bridgehead atoms. The lowest BCUT2D eigenvalue weighted by Gasteiger charge is -2.30. The van der Waals surface area contributed by atoms with Gasteiger partial charge in [0.1, 0.15) is 5.01 Å². The van der Waals surface area contributed by atoms with Gasteiger partial charge in [-0.1, -0.05) is 28.1 Å². The van der Waals surface area contributed by atoms with Crippen molar-refractivity contribution in [2.75, 3.05) is 18.4 Å². The predicted octanol–water partition coefficient (Wildman–Crippen LogP) is 4.01. The van der Waals surface area contributed by atoms with Gasteiger partial charge in [-0.05, 0) is 37.1 Å². The molecule has 156 valence electrons. The number of hydrogen-bond donors (Lipinski definition) is 1. The SMILES string of the molecule is O=C(Nc1cccnc1)C1CCN(S(=O)(=O)c2cnc(-c3ccc(Br)cc3)s2)CC1. The van der Waals surface area contributed by atoms with Crippen molar-refractivity contribution in [3.05, 3.63) is 59.5 Å². The molecule has 2 aromatic heterocycles. The molecule has 0 aliphatic carbocycles. The second kappa shape index (κ2) is 8.93. The minimum atomic E-state index is -3.63. The van der Waals surface area contributed by atoms with E-state index in [0.29, 0.717) is 36.6 Å². The van der Waals surface area contributed by atoms with E-state index in [9.17, 15) is 13.2 Å². The van der Waals surface area contributed by atoms with E-state index < -0.39 is 10.0 Å². The van der Waals surface area contributed by atoms with Gasteiger partial charge in [0, 0.05) is 35.2 Å². The van der Waals surface area contributed by atoms with Crippen molar-refractivity contribution >= 4 is 48.9 Å². The van der Waals surface area contributed by atoms with E-state index in [1.807, 2.05) is 24.3 Å². The lowest BCUT2D eigenvalue weighted by molar-refractivity contribution is -0.120. The van der Waals surface area contributed by atoms with Crippen molar-refractivity contribution in [1.29, 1.82) is 0 Å². The summed E-state index contributed by atoms with van der Waals surface area (Å²) in [6.07, 6.45) is 5.59. The third kappa shape index (κ3) is 4.61. The summed E-state index contributed by atoms with van der Waals surface area (Å²) < 4.78 is 28.7. The molecule has 1 N–H and O–H groups in total. The van der Waals surface area contributed by atoms with E-state index in [1.54, 1.807) is 24.5 Å². The largest absolute Gasteiger partial charge is 0.324 e. The number of hydrogen-bond acceptors (Lipinski definition) is 6. The molecule has 1 aromatic carbocycles. The van der Waals surface area contributed by atoms with Crippen LogP contribution in [-0.2, 0) is 14.8 Å². The number of benzene rings is 1. The number of pyridine rings is 1. The van der Waals surface area contributed by atoms with Crippen LogP contribution in [0.2, 0.25) is 0 Å². The van der Waals surface area contributed by atoms with Crippen LogP contribution in [0.5, 0.6) is 0 Å². The number of nitrogens with zero attached hydrogens (tertiary/aromatic N) is 3. The number of piperidine rings is 1. The first-order valence-corrected chi connectivity index (χ1v) is 12.4. The number of rotatable bonds is 5. The summed E-state index contributed by atoms with van der Waals surface area (Å²) in [5.41, 5.74) is 1.51. The summed E-state index contributed by atoms with van der Waals surface area (Å²) in [6, 6.07) is 11.1. The Morgan fingerprint density at radius 3 is 2.53 bits per heavy atom. The fraction of sp³-hybridized carbons (Fsp3) is 0.250. The number of nitrogens with one attached hydrogen (secondary N) is 1. The number of thiazole rings is 1. The molecule has 1 saturated heterocycles. The third-order valence-corrected chi connectivity index (χ3v) is 8.83. The molecular formula is C20H19BrN4O3S2. The van der Waals surface area contributed by atoms with Gasteiger partial charge in [0.2, 0.25) is 5.91 Å². The van der Waals surface area contributed by atoms with Crippen LogP contribution in [0.4, 0.5) is 5.69 Å². The van der Waals surface area contributed by atoms with Crippen LogP contribution in [0.1, 0.15) is 12.8 Å². The molecule has 10 heteroatoms. The van der Waals surface area contributed by atoms with Gasteiger partial charge in [0.05, 0.1) is 18.1 Å². The molecule has 1 aliphatic rings. The number of anilines is 1. The summed E-state index contributed by atoms with van der Waals surface area (Å²) in [5, 5.41) is 3.50. The first-order chi connectivity index (χ1) is 14.4. The lowest BCUT2D eigenvalue weighted by atomic mass is 9.97. The Balaban J connectivity index is 1.40. The van der Waals surface area contributed by atoms with Crippen LogP contribution in [0.25, 0.3) is 10.6 Å². The van der Waals surface area contributed by atoms with Crippen LogP contribution in [-0.4, -0.2) is 41.7 Å². The molecule has 0 spiro atoms. The van der Waals surface area contributed by atoms with Gasteiger partial charge in [-0.3, -0.25) is 9.78 Å². The van der Waals surface area contributed by atoms with Gasteiger partial charge >= 0.3 is 0 Å². The molecular weight excluding hydrogens is 488 g/mol. The van der Waals surface area contributed by atoms with Crippen molar-refractivity contribution < 1.29 is 13.2 Å².